The summed E-state index contributed by atoms with van der Waals surface area (Å²) < 4.78 is 5.75. The number of hydrogen-bond donors (Lipinski definition) is 1. The molecule has 3 aliphatic heterocycles. The van der Waals surface area contributed by atoms with Crippen LogP contribution in [0.3, 0.4) is 0 Å². The predicted molar refractivity (Wildman–Crippen MR) is 110 cm³/mol. The van der Waals surface area contributed by atoms with Crippen molar-refractivity contribution in [3.8, 4) is 0 Å². The van der Waals surface area contributed by atoms with Crippen LogP contribution in [0.15, 0.2) is 11.1 Å². The third-order valence-electron chi connectivity index (χ3n) is 6.89. The van der Waals surface area contributed by atoms with Gasteiger partial charge in [-0.3, -0.25) is 4.79 Å². The van der Waals surface area contributed by atoms with E-state index in [9.17, 15) is 9.59 Å². The van der Waals surface area contributed by atoms with Crippen molar-refractivity contribution in [3.63, 3.8) is 0 Å². The highest BCUT2D eigenvalue weighted by Gasteiger charge is 2.50. The molecule has 0 saturated carbocycles. The largest absolute Gasteiger partial charge is 0.450 e. The van der Waals surface area contributed by atoms with Crippen molar-refractivity contribution in [2.24, 2.45) is 0 Å². The van der Waals surface area contributed by atoms with Gasteiger partial charge in [0, 0.05) is 50.6 Å². The van der Waals surface area contributed by atoms with Crippen molar-refractivity contribution in [1.29, 1.82) is 0 Å². The van der Waals surface area contributed by atoms with Gasteiger partial charge in [-0.2, -0.15) is 0 Å². The number of nitrogens with zero attached hydrogens (tertiary/aromatic N) is 2. The van der Waals surface area contributed by atoms with E-state index in [2.05, 4.69) is 29.0 Å². The van der Waals surface area contributed by atoms with Crippen LogP contribution in [0.25, 0.3) is 0 Å². The lowest BCUT2D eigenvalue weighted by Gasteiger charge is -2.39. The van der Waals surface area contributed by atoms with Crippen molar-refractivity contribution < 1.29 is 14.3 Å². The number of carbonyl (C=O) groups is 2. The highest BCUT2D eigenvalue weighted by Crippen LogP contribution is 2.40. The molecule has 6 heteroatoms. The maximum absolute atomic E-state index is 13.0. The van der Waals surface area contributed by atoms with Crippen LogP contribution in [0, 0.1) is 0 Å². The first-order valence-corrected chi connectivity index (χ1v) is 11.2. The Labute approximate surface area is 169 Å². The SMILES string of the molecule is CCC1CCCCN1CCCNC(=O)C1=C(C)C(=O)OC12CCN(CC)CC2. The first kappa shape index (κ1) is 21.3. The first-order valence-electron chi connectivity index (χ1n) is 11.2. The summed E-state index contributed by atoms with van der Waals surface area (Å²) in [6, 6.07) is 0.697. The highest BCUT2D eigenvalue weighted by atomic mass is 16.6. The molecule has 158 valence electrons. The molecule has 0 bridgehead atoms. The second-order valence-electron chi connectivity index (χ2n) is 8.52. The van der Waals surface area contributed by atoms with E-state index in [-0.39, 0.29) is 11.9 Å². The minimum atomic E-state index is -0.711. The third kappa shape index (κ3) is 4.43. The molecule has 0 aromatic heterocycles. The lowest BCUT2D eigenvalue weighted by molar-refractivity contribution is -0.150. The number of amides is 1. The second kappa shape index (κ2) is 9.40. The smallest absolute Gasteiger partial charge is 0.335 e. The molecule has 6 nitrogen and oxygen atoms in total. The molecular weight excluding hydrogens is 354 g/mol. The van der Waals surface area contributed by atoms with Crippen LogP contribution < -0.4 is 5.32 Å². The Morgan fingerprint density at radius 1 is 1.21 bits per heavy atom. The molecular formula is C22H37N3O3. The van der Waals surface area contributed by atoms with Crippen molar-refractivity contribution in [3.05, 3.63) is 11.1 Å². The van der Waals surface area contributed by atoms with Gasteiger partial charge in [-0.15, -0.1) is 0 Å². The Bertz CT molecular complexity index is 608. The van der Waals surface area contributed by atoms with E-state index in [0.717, 1.165) is 32.6 Å². The maximum Gasteiger partial charge on any atom is 0.335 e. The summed E-state index contributed by atoms with van der Waals surface area (Å²) in [6.07, 6.45) is 7.48. The molecule has 0 aliphatic carbocycles. The number of rotatable bonds is 7. The Kier molecular flexibility index (Phi) is 7.15. The Morgan fingerprint density at radius 2 is 1.96 bits per heavy atom. The quantitative estimate of drug-likeness (QED) is 0.534. The average Bonchev–Trinajstić information content (AvgIpc) is 2.95. The Hall–Kier alpha value is -1.40. The summed E-state index contributed by atoms with van der Waals surface area (Å²) in [6.45, 7) is 11.7. The Balaban J connectivity index is 1.54. The summed E-state index contributed by atoms with van der Waals surface area (Å²) in [5.74, 6) is -0.437. The average molecular weight is 392 g/mol. The molecule has 0 radical (unpaired) electrons. The van der Waals surface area contributed by atoms with E-state index >= 15 is 0 Å². The molecule has 0 aromatic carbocycles. The van der Waals surface area contributed by atoms with Gasteiger partial charge in [-0.05, 0) is 45.7 Å². The molecule has 2 fully saturated rings. The molecule has 3 rings (SSSR count). The topological polar surface area (TPSA) is 61.9 Å². The molecule has 1 N–H and O–H groups in total. The zero-order valence-electron chi connectivity index (χ0n) is 17.9. The molecule has 3 aliphatic rings. The minimum Gasteiger partial charge on any atom is -0.450 e. The fraction of sp³-hybridized carbons (Fsp3) is 0.818. The lowest BCUT2D eigenvalue weighted by atomic mass is 9.82. The predicted octanol–water partition coefficient (Wildman–Crippen LogP) is 2.49. The van der Waals surface area contributed by atoms with E-state index in [4.69, 9.17) is 4.74 Å². The number of hydrogen-bond acceptors (Lipinski definition) is 5. The molecule has 3 heterocycles. The fourth-order valence-corrected chi connectivity index (χ4v) is 5.10. The molecule has 1 atom stereocenters. The number of piperidine rings is 2. The molecule has 1 amide bonds. The van der Waals surface area contributed by atoms with Crippen molar-refractivity contribution in [2.45, 2.75) is 77.4 Å². The summed E-state index contributed by atoms with van der Waals surface area (Å²) in [7, 11) is 0. The molecule has 1 spiro atoms. The van der Waals surface area contributed by atoms with Gasteiger partial charge in [0.1, 0.15) is 5.60 Å². The molecule has 1 unspecified atom stereocenters. The zero-order chi connectivity index (χ0) is 20.1. The van der Waals surface area contributed by atoms with Gasteiger partial charge in [-0.1, -0.05) is 20.3 Å². The van der Waals surface area contributed by atoms with Crippen LogP contribution in [0.1, 0.15) is 65.7 Å². The van der Waals surface area contributed by atoms with E-state index in [0.29, 0.717) is 36.6 Å². The second-order valence-corrected chi connectivity index (χ2v) is 8.52. The van der Waals surface area contributed by atoms with Crippen molar-refractivity contribution in [1.82, 2.24) is 15.1 Å². The summed E-state index contributed by atoms with van der Waals surface area (Å²) >= 11 is 0. The molecule has 2 saturated heterocycles. The minimum absolute atomic E-state index is 0.112. The van der Waals surface area contributed by atoms with Gasteiger partial charge >= 0.3 is 5.97 Å². The van der Waals surface area contributed by atoms with Gasteiger partial charge in [0.15, 0.2) is 0 Å². The molecule has 0 aromatic rings. The van der Waals surface area contributed by atoms with Gasteiger partial charge in [0.25, 0.3) is 5.91 Å². The third-order valence-corrected chi connectivity index (χ3v) is 6.89. The number of ether oxygens (including phenoxy) is 1. The standard InChI is InChI=1S/C22H37N3O3/c1-4-18-9-6-7-13-25(18)14-8-12-23-20(26)19-17(3)21(27)28-22(19)10-15-24(5-2)16-11-22/h18H,4-16H2,1-3H3,(H,23,26). The number of likely N-dealkylation sites (tertiary alicyclic amines) is 2. The maximum atomic E-state index is 13.0. The lowest BCUT2D eigenvalue weighted by Crippen LogP contribution is -2.49. The summed E-state index contributed by atoms with van der Waals surface area (Å²) in [5.41, 5.74) is 0.360. The van der Waals surface area contributed by atoms with Crippen LogP contribution in [-0.2, 0) is 14.3 Å². The van der Waals surface area contributed by atoms with Crippen molar-refractivity contribution in [2.75, 3.05) is 39.3 Å². The summed E-state index contributed by atoms with van der Waals surface area (Å²) in [5, 5.41) is 3.08. The van der Waals surface area contributed by atoms with E-state index in [1.165, 1.54) is 32.2 Å². The summed E-state index contributed by atoms with van der Waals surface area (Å²) in [4.78, 5) is 30.1. The van der Waals surface area contributed by atoms with Gasteiger partial charge < -0.3 is 19.9 Å². The van der Waals surface area contributed by atoms with Gasteiger partial charge in [-0.25, -0.2) is 4.79 Å². The van der Waals surface area contributed by atoms with Gasteiger partial charge in [0.2, 0.25) is 0 Å². The fourth-order valence-electron chi connectivity index (χ4n) is 5.10. The monoisotopic (exact) mass is 391 g/mol. The van der Waals surface area contributed by atoms with E-state index in [1.807, 2.05) is 0 Å². The van der Waals surface area contributed by atoms with Crippen LogP contribution in [-0.4, -0.2) is 72.6 Å². The van der Waals surface area contributed by atoms with Crippen LogP contribution in [0.5, 0.6) is 0 Å². The number of nitrogens with one attached hydrogen (secondary N) is 1. The number of esters is 1. The van der Waals surface area contributed by atoms with Crippen LogP contribution in [0.4, 0.5) is 0 Å². The van der Waals surface area contributed by atoms with Crippen LogP contribution in [0.2, 0.25) is 0 Å². The van der Waals surface area contributed by atoms with Gasteiger partial charge in [0.05, 0.1) is 5.57 Å². The molecule has 28 heavy (non-hydrogen) atoms. The number of carbonyl (C=O) groups excluding carboxylic acids is 2. The first-order chi connectivity index (χ1) is 13.5. The van der Waals surface area contributed by atoms with Crippen LogP contribution >= 0.6 is 0 Å². The normalized spacial score (nSPS) is 26.0. The van der Waals surface area contributed by atoms with Crippen molar-refractivity contribution >= 4 is 11.9 Å². The van der Waals surface area contributed by atoms with E-state index in [1.54, 1.807) is 6.92 Å². The highest BCUT2D eigenvalue weighted by molar-refractivity contribution is 6.07. The zero-order valence-corrected chi connectivity index (χ0v) is 17.9. The Morgan fingerprint density at radius 3 is 2.64 bits per heavy atom. The van der Waals surface area contributed by atoms with E-state index < -0.39 is 5.60 Å².